The molecular formula is C33H35N3O4. The summed E-state index contributed by atoms with van der Waals surface area (Å²) in [6.07, 6.45) is 9.47. The Hall–Kier alpha value is -4.52. The van der Waals surface area contributed by atoms with Crippen LogP contribution in [0.5, 0.6) is 11.5 Å². The predicted octanol–water partition coefficient (Wildman–Crippen LogP) is 6.66. The lowest BCUT2D eigenvalue weighted by atomic mass is 10.0. The topological polar surface area (TPSA) is 111 Å². The van der Waals surface area contributed by atoms with Crippen molar-refractivity contribution in [3.05, 3.63) is 83.9 Å². The van der Waals surface area contributed by atoms with E-state index < -0.39 is 0 Å². The summed E-state index contributed by atoms with van der Waals surface area (Å²) in [5.74, 6) is 0.206. The Kier molecular flexibility index (Phi) is 10.4. The molecule has 4 aromatic carbocycles. The molecule has 0 bridgehead atoms. The van der Waals surface area contributed by atoms with Crippen LogP contribution in [0.3, 0.4) is 0 Å². The Bertz CT molecular complexity index is 1410. The molecule has 0 aliphatic heterocycles. The second kappa shape index (κ2) is 14.6. The number of fused-ring (bicyclic) bond motifs is 2. The Morgan fingerprint density at radius 2 is 1.18 bits per heavy atom. The summed E-state index contributed by atoms with van der Waals surface area (Å²) in [6.45, 7) is 0.111. The Labute approximate surface area is 234 Å². The van der Waals surface area contributed by atoms with Gasteiger partial charge in [0.05, 0.1) is 12.8 Å². The van der Waals surface area contributed by atoms with E-state index in [9.17, 15) is 19.8 Å². The van der Waals surface area contributed by atoms with E-state index in [4.69, 9.17) is 0 Å². The second-order valence-corrected chi connectivity index (χ2v) is 9.86. The van der Waals surface area contributed by atoms with Gasteiger partial charge < -0.3 is 10.2 Å². The Morgan fingerprint density at radius 1 is 0.650 bits per heavy atom. The number of phenols is 2. The highest BCUT2D eigenvalue weighted by molar-refractivity contribution is 6.03. The number of hydrazone groups is 1. The number of hydrogen-bond donors (Lipinski definition) is 3. The van der Waals surface area contributed by atoms with Crippen molar-refractivity contribution >= 4 is 45.7 Å². The largest absolute Gasteiger partial charge is 0.507 e. The summed E-state index contributed by atoms with van der Waals surface area (Å²) < 4.78 is 0. The molecule has 4 rings (SSSR count). The van der Waals surface area contributed by atoms with E-state index in [0.29, 0.717) is 24.0 Å². The van der Waals surface area contributed by atoms with E-state index in [-0.39, 0.29) is 29.7 Å². The summed E-state index contributed by atoms with van der Waals surface area (Å²) in [5.41, 5.74) is 3.75. The summed E-state index contributed by atoms with van der Waals surface area (Å²) in [6, 6.07) is 22.4. The molecule has 7 heteroatoms. The van der Waals surface area contributed by atoms with E-state index in [2.05, 4.69) is 15.5 Å². The third kappa shape index (κ3) is 7.99. The molecule has 206 valence electrons. The number of nitrogens with zero attached hydrogens (tertiary/aromatic N) is 2. The van der Waals surface area contributed by atoms with E-state index in [1.165, 1.54) is 6.21 Å². The van der Waals surface area contributed by atoms with Crippen molar-refractivity contribution in [3.63, 3.8) is 0 Å². The zero-order chi connectivity index (χ0) is 28.2. The first kappa shape index (κ1) is 28.5. The molecule has 7 nitrogen and oxygen atoms in total. The minimum atomic E-state index is -0.154. The number of unbranched alkanes of at least 4 members (excludes halogenated alkanes) is 5. The highest BCUT2D eigenvalue weighted by Gasteiger charge is 2.07. The molecule has 3 N–H and O–H groups in total. The lowest BCUT2D eigenvalue weighted by molar-refractivity contribution is -0.121. The number of aliphatic imine (C=N–C) groups is 1. The first-order chi connectivity index (χ1) is 19.5. The number of amides is 1. The summed E-state index contributed by atoms with van der Waals surface area (Å²) >= 11 is 0. The summed E-state index contributed by atoms with van der Waals surface area (Å²) in [5, 5.41) is 28.1. The Morgan fingerprint density at radius 3 is 1.80 bits per heavy atom. The number of rotatable bonds is 14. The van der Waals surface area contributed by atoms with Crippen LogP contribution in [-0.2, 0) is 9.59 Å². The van der Waals surface area contributed by atoms with E-state index in [1.807, 2.05) is 60.7 Å². The van der Waals surface area contributed by atoms with Crippen LogP contribution in [0.15, 0.2) is 82.9 Å². The number of carbonyl (C=O) groups is 2. The average molecular weight is 538 g/mol. The molecule has 40 heavy (non-hydrogen) atoms. The smallest absolute Gasteiger partial charge is 0.240 e. The fraction of sp³-hybridized carbons (Fsp3) is 0.273. The van der Waals surface area contributed by atoms with Gasteiger partial charge in [-0.1, -0.05) is 86.3 Å². The molecule has 0 radical (unpaired) electrons. The van der Waals surface area contributed by atoms with E-state index in [0.717, 1.165) is 60.1 Å². The number of carbonyl (C=O) groups excluding carboxylic acids is 2. The van der Waals surface area contributed by atoms with E-state index in [1.54, 1.807) is 18.3 Å². The maximum Gasteiger partial charge on any atom is 0.240 e. The monoisotopic (exact) mass is 537 g/mol. The van der Waals surface area contributed by atoms with Crippen molar-refractivity contribution in [2.75, 3.05) is 6.54 Å². The van der Waals surface area contributed by atoms with Gasteiger partial charge in [-0.05, 0) is 46.5 Å². The first-order valence-electron chi connectivity index (χ1n) is 13.8. The van der Waals surface area contributed by atoms with Gasteiger partial charge in [0.25, 0.3) is 0 Å². The lowest BCUT2D eigenvalue weighted by Crippen LogP contribution is -2.16. The van der Waals surface area contributed by atoms with Crippen LogP contribution < -0.4 is 5.43 Å². The second-order valence-electron chi connectivity index (χ2n) is 9.86. The van der Waals surface area contributed by atoms with Gasteiger partial charge in [0, 0.05) is 30.2 Å². The molecule has 0 aliphatic carbocycles. The molecule has 0 fully saturated rings. The van der Waals surface area contributed by atoms with Gasteiger partial charge in [-0.3, -0.25) is 14.6 Å². The molecule has 4 aromatic rings. The minimum Gasteiger partial charge on any atom is -0.507 e. The highest BCUT2D eigenvalue weighted by Crippen LogP contribution is 2.26. The van der Waals surface area contributed by atoms with Gasteiger partial charge >= 0.3 is 0 Å². The maximum atomic E-state index is 12.2. The van der Waals surface area contributed by atoms with Gasteiger partial charge in [-0.15, -0.1) is 0 Å². The number of aromatic hydroxyl groups is 2. The summed E-state index contributed by atoms with van der Waals surface area (Å²) in [4.78, 5) is 28.6. The molecule has 0 aliphatic rings. The SMILES string of the molecule is O=C(CCCCCCCCC(=O)N/N=C/c1c(O)ccc2ccccc12)CN=Cc1c(O)ccc2ccccc12. The van der Waals surface area contributed by atoms with Crippen LogP contribution in [0.4, 0.5) is 0 Å². The molecule has 0 atom stereocenters. The average Bonchev–Trinajstić information content (AvgIpc) is 2.96. The van der Waals surface area contributed by atoms with Crippen LogP contribution >= 0.6 is 0 Å². The van der Waals surface area contributed by atoms with Crippen molar-refractivity contribution < 1.29 is 19.8 Å². The number of nitrogens with one attached hydrogen (secondary N) is 1. The van der Waals surface area contributed by atoms with Crippen molar-refractivity contribution in [2.24, 2.45) is 10.1 Å². The van der Waals surface area contributed by atoms with Gasteiger partial charge in [0.2, 0.25) is 5.91 Å². The molecule has 0 saturated carbocycles. The van der Waals surface area contributed by atoms with Crippen LogP contribution in [0.2, 0.25) is 0 Å². The van der Waals surface area contributed by atoms with E-state index >= 15 is 0 Å². The van der Waals surface area contributed by atoms with Crippen LogP contribution in [0.1, 0.15) is 62.5 Å². The van der Waals surface area contributed by atoms with Crippen molar-refractivity contribution in [3.8, 4) is 11.5 Å². The zero-order valence-electron chi connectivity index (χ0n) is 22.6. The normalized spacial score (nSPS) is 11.6. The lowest BCUT2D eigenvalue weighted by Gasteiger charge is -2.05. The number of phenolic OH excluding ortho intramolecular Hbond substituents is 2. The summed E-state index contributed by atoms with van der Waals surface area (Å²) in [7, 11) is 0. The minimum absolute atomic E-state index is 0.0880. The first-order valence-corrected chi connectivity index (χ1v) is 13.8. The van der Waals surface area contributed by atoms with Crippen LogP contribution in [0, 0.1) is 0 Å². The maximum absolute atomic E-state index is 12.2. The quantitative estimate of drug-likeness (QED) is 0.0948. The molecule has 0 heterocycles. The zero-order valence-corrected chi connectivity index (χ0v) is 22.6. The van der Waals surface area contributed by atoms with Gasteiger partial charge in [-0.2, -0.15) is 5.10 Å². The predicted molar refractivity (Wildman–Crippen MR) is 161 cm³/mol. The number of ketones is 1. The van der Waals surface area contributed by atoms with Crippen molar-refractivity contribution in [1.29, 1.82) is 0 Å². The van der Waals surface area contributed by atoms with Gasteiger partial charge in [-0.25, -0.2) is 5.43 Å². The number of hydrogen-bond acceptors (Lipinski definition) is 6. The molecule has 0 spiro atoms. The van der Waals surface area contributed by atoms with Crippen LogP contribution in [0.25, 0.3) is 21.5 Å². The fourth-order valence-corrected chi connectivity index (χ4v) is 4.70. The van der Waals surface area contributed by atoms with Crippen LogP contribution in [-0.4, -0.2) is 40.9 Å². The molecule has 1 amide bonds. The van der Waals surface area contributed by atoms with Gasteiger partial charge in [0.15, 0.2) is 5.78 Å². The van der Waals surface area contributed by atoms with Crippen molar-refractivity contribution in [2.45, 2.75) is 51.4 Å². The molecule has 0 unspecified atom stereocenters. The third-order valence-corrected chi connectivity index (χ3v) is 6.88. The number of benzene rings is 4. The molecule has 0 saturated heterocycles. The molecular weight excluding hydrogens is 502 g/mol. The van der Waals surface area contributed by atoms with Gasteiger partial charge in [0.1, 0.15) is 11.5 Å². The Balaban J connectivity index is 1.06. The standard InChI is InChI=1S/C33H35N3O4/c37-26(21-34-22-29-27-14-9-7-11-24(27)17-19-31(29)38)13-5-3-1-2-4-6-16-33(40)36-35-23-30-28-15-10-8-12-25(28)18-20-32(30)39/h7-12,14-15,17-20,22-23,38-39H,1-6,13,16,21H2,(H,36,40)/b34-22?,35-23+. The fourth-order valence-electron chi connectivity index (χ4n) is 4.70. The van der Waals surface area contributed by atoms with Crippen molar-refractivity contribution in [1.82, 2.24) is 5.43 Å². The number of Topliss-reactive ketones (excluding diaryl/α,β-unsaturated/α-hetero) is 1. The third-order valence-electron chi connectivity index (χ3n) is 6.88. The molecule has 0 aromatic heterocycles. The highest BCUT2D eigenvalue weighted by atomic mass is 16.3.